The number of nitrogens with zero attached hydrogens (tertiary/aromatic N) is 2. The first kappa shape index (κ1) is 23.9. The molecule has 190 valence electrons. The lowest BCUT2D eigenvalue weighted by molar-refractivity contribution is 0.0179. The molecule has 1 aliphatic heterocycles. The van der Waals surface area contributed by atoms with Crippen molar-refractivity contribution in [2.24, 2.45) is 0 Å². The van der Waals surface area contributed by atoms with Gasteiger partial charge in [0.2, 0.25) is 5.78 Å². The van der Waals surface area contributed by atoms with Crippen LogP contribution in [0.25, 0.3) is 27.5 Å². The minimum atomic E-state index is -3.28. The summed E-state index contributed by atoms with van der Waals surface area (Å²) in [6.45, 7) is 2.54. The van der Waals surface area contributed by atoms with E-state index in [1.807, 2.05) is 0 Å². The van der Waals surface area contributed by atoms with Gasteiger partial charge in [0.15, 0.2) is 23.2 Å². The van der Waals surface area contributed by atoms with Crippen LogP contribution in [-0.2, 0) is 12.3 Å². The monoisotopic (exact) mass is 520 g/mol. The van der Waals surface area contributed by atoms with Crippen LogP contribution >= 0.6 is 0 Å². The second-order valence-corrected chi connectivity index (χ2v) is 9.35. The fourth-order valence-corrected chi connectivity index (χ4v) is 5.07. The number of ether oxygens (including phenoxy) is 1. The number of pyridine rings is 1. The Morgan fingerprint density at radius 1 is 1.16 bits per heavy atom. The Labute approximate surface area is 213 Å². The molecule has 0 bridgehead atoms. The average molecular weight is 520 g/mol. The van der Waals surface area contributed by atoms with E-state index in [1.54, 1.807) is 25.3 Å². The van der Waals surface area contributed by atoms with Crippen LogP contribution in [0.2, 0.25) is 0 Å². The fourth-order valence-electron chi connectivity index (χ4n) is 5.07. The number of fused-ring (bicyclic) bond motifs is 4. The maximum Gasteiger partial charge on any atom is 0.271 e. The molecular weight excluding hydrogens is 503 g/mol. The van der Waals surface area contributed by atoms with E-state index in [0.29, 0.717) is 39.7 Å². The van der Waals surface area contributed by atoms with Crippen molar-refractivity contribution in [2.45, 2.75) is 32.3 Å². The summed E-state index contributed by atoms with van der Waals surface area (Å²) in [6.07, 6.45) is 2.70. The Bertz CT molecular complexity index is 1770. The molecule has 0 aliphatic carbocycles. The molecule has 6 rings (SSSR count). The van der Waals surface area contributed by atoms with Gasteiger partial charge in [0.25, 0.3) is 5.92 Å². The van der Waals surface area contributed by atoms with Crippen LogP contribution in [0.5, 0.6) is 5.75 Å². The van der Waals surface area contributed by atoms with Crippen LogP contribution in [0.3, 0.4) is 0 Å². The average Bonchev–Trinajstić information content (AvgIpc) is 3.23. The number of hydrogen-bond acceptors (Lipinski definition) is 3. The van der Waals surface area contributed by atoms with E-state index in [9.17, 15) is 18.0 Å². The zero-order valence-electron chi connectivity index (χ0n) is 20.0. The number of alkyl halides is 2. The minimum absolute atomic E-state index is 0.0320. The van der Waals surface area contributed by atoms with Crippen molar-refractivity contribution in [1.29, 1.82) is 0 Å². The van der Waals surface area contributed by atoms with Gasteiger partial charge in [-0.3, -0.25) is 4.79 Å². The predicted molar refractivity (Wildman–Crippen MR) is 129 cm³/mol. The summed E-state index contributed by atoms with van der Waals surface area (Å²) in [5.41, 5.74) is 1.22. The van der Waals surface area contributed by atoms with Crippen molar-refractivity contribution in [2.75, 3.05) is 0 Å². The van der Waals surface area contributed by atoms with Crippen molar-refractivity contribution in [3.05, 3.63) is 101 Å². The Kier molecular flexibility index (Phi) is 5.21. The smallest absolute Gasteiger partial charge is 0.271 e. The predicted octanol–water partition coefficient (Wildman–Crippen LogP) is 6.84. The molecule has 0 spiro atoms. The molecule has 4 nitrogen and oxygen atoms in total. The molecule has 0 N–H and O–H groups in total. The number of benzene rings is 2. The Balaban J connectivity index is 1.68. The van der Waals surface area contributed by atoms with E-state index in [-0.39, 0.29) is 34.6 Å². The second kappa shape index (κ2) is 8.28. The Hall–Kier alpha value is -4.45. The molecule has 1 aliphatic rings. The molecule has 9 heteroatoms. The highest BCUT2D eigenvalue weighted by Crippen LogP contribution is 2.48. The molecule has 0 saturated heterocycles. The molecule has 2 aromatic carbocycles. The maximum atomic E-state index is 15.1. The molecule has 38 heavy (non-hydrogen) atoms. The standard InChI is InChI=1S/C29H17F5N2O2/c1-14-9-16-13-22(27(37)17-11-20(30)24(32)21(31)12-17)36-8-4-6-18(26(16)36)23-19(29(2,33)34)10-15-5-3-7-35-25(15)28(23)38-14/h4,6-8,10-14H,9H2,1-2H3. The third-order valence-corrected chi connectivity index (χ3v) is 6.64. The number of rotatable bonds is 3. The van der Waals surface area contributed by atoms with Gasteiger partial charge in [-0.05, 0) is 48.9 Å². The van der Waals surface area contributed by atoms with Crippen LogP contribution in [0.4, 0.5) is 22.0 Å². The lowest BCUT2D eigenvalue weighted by Gasteiger charge is -2.26. The number of halogens is 5. The van der Waals surface area contributed by atoms with Crippen LogP contribution in [0, 0.1) is 29.6 Å². The van der Waals surface area contributed by atoms with Crippen LogP contribution in [0.15, 0.2) is 48.8 Å². The first-order chi connectivity index (χ1) is 18.0. The number of aromatic nitrogens is 2. The fraction of sp³-hybridized carbons (Fsp3) is 0.172. The maximum absolute atomic E-state index is 15.1. The summed E-state index contributed by atoms with van der Waals surface area (Å²) in [5, 5.41) is 0.314. The molecule has 1 unspecified atom stereocenters. The van der Waals surface area contributed by atoms with Gasteiger partial charge in [-0.2, -0.15) is 0 Å². The first-order valence-electron chi connectivity index (χ1n) is 11.7. The molecule has 0 radical (unpaired) electrons. The van der Waals surface area contributed by atoms with Gasteiger partial charge in [-0.15, -0.1) is 0 Å². The molecular formula is C29H17F5N2O2. The van der Waals surface area contributed by atoms with Gasteiger partial charge in [0.05, 0.1) is 22.8 Å². The molecule has 1 atom stereocenters. The van der Waals surface area contributed by atoms with Crippen molar-refractivity contribution in [3.8, 4) is 16.9 Å². The van der Waals surface area contributed by atoms with E-state index in [0.717, 1.165) is 6.92 Å². The number of ketones is 1. The van der Waals surface area contributed by atoms with Crippen molar-refractivity contribution in [1.82, 2.24) is 9.38 Å². The quantitative estimate of drug-likeness (QED) is 0.149. The van der Waals surface area contributed by atoms with E-state index >= 15 is 8.78 Å². The van der Waals surface area contributed by atoms with Crippen LogP contribution < -0.4 is 4.74 Å². The summed E-state index contributed by atoms with van der Waals surface area (Å²) < 4.78 is 79.2. The minimum Gasteiger partial charge on any atom is -0.487 e. The molecule has 0 saturated carbocycles. The molecule has 0 fully saturated rings. The number of carbonyl (C=O) groups excluding carboxylic acids is 1. The first-order valence-corrected chi connectivity index (χ1v) is 11.7. The Morgan fingerprint density at radius 3 is 2.61 bits per heavy atom. The Morgan fingerprint density at radius 2 is 1.89 bits per heavy atom. The van der Waals surface area contributed by atoms with Gasteiger partial charge in [0.1, 0.15) is 11.6 Å². The molecule has 3 aromatic heterocycles. The SMILES string of the molecule is CC1Cc2cc(C(=O)c3cc(F)c(F)c(F)c3)n3cccc(c23)-c2c(C(C)(F)F)cc3c#ccnc3c2O1. The van der Waals surface area contributed by atoms with E-state index < -0.39 is 35.3 Å². The largest absolute Gasteiger partial charge is 0.487 e. The van der Waals surface area contributed by atoms with Crippen molar-refractivity contribution in [3.63, 3.8) is 0 Å². The highest BCUT2D eigenvalue weighted by atomic mass is 19.3. The van der Waals surface area contributed by atoms with Crippen molar-refractivity contribution >= 4 is 22.2 Å². The lowest BCUT2D eigenvalue weighted by atomic mass is 9.90. The highest BCUT2D eigenvalue weighted by molar-refractivity contribution is 6.10. The molecule has 4 heterocycles. The van der Waals surface area contributed by atoms with Crippen LogP contribution in [0.1, 0.15) is 41.0 Å². The second-order valence-electron chi connectivity index (χ2n) is 9.35. The zero-order valence-corrected chi connectivity index (χ0v) is 20.0. The third kappa shape index (κ3) is 3.59. The summed E-state index contributed by atoms with van der Waals surface area (Å²) in [4.78, 5) is 17.7. The van der Waals surface area contributed by atoms with E-state index in [1.165, 1.54) is 22.7 Å². The van der Waals surface area contributed by atoms with Gasteiger partial charge in [0, 0.05) is 41.8 Å². The van der Waals surface area contributed by atoms with Gasteiger partial charge >= 0.3 is 0 Å². The lowest BCUT2D eigenvalue weighted by Crippen LogP contribution is -2.19. The summed E-state index contributed by atoms with van der Waals surface area (Å²) >= 11 is 0. The summed E-state index contributed by atoms with van der Waals surface area (Å²) in [5.74, 6) is -8.55. The van der Waals surface area contributed by atoms with Crippen molar-refractivity contribution < 1.29 is 31.5 Å². The van der Waals surface area contributed by atoms with Gasteiger partial charge in [-0.25, -0.2) is 26.9 Å². The van der Waals surface area contributed by atoms with Crippen LogP contribution in [-0.4, -0.2) is 21.3 Å². The number of hydrogen-bond donors (Lipinski definition) is 0. The van der Waals surface area contributed by atoms with E-state index in [2.05, 4.69) is 17.1 Å². The third-order valence-electron chi connectivity index (χ3n) is 6.64. The van der Waals surface area contributed by atoms with Gasteiger partial charge in [-0.1, -0.05) is 12.1 Å². The summed E-state index contributed by atoms with van der Waals surface area (Å²) in [7, 11) is 0. The molecule has 5 aromatic rings. The van der Waals surface area contributed by atoms with Gasteiger partial charge < -0.3 is 9.14 Å². The number of carbonyl (C=O) groups is 1. The topological polar surface area (TPSA) is 43.6 Å². The highest BCUT2D eigenvalue weighted by Gasteiger charge is 2.35. The zero-order chi connectivity index (χ0) is 26.9. The summed E-state index contributed by atoms with van der Waals surface area (Å²) in [6, 6.07) is 12.8. The van der Waals surface area contributed by atoms with E-state index in [4.69, 9.17) is 4.74 Å². The normalized spacial score (nSPS) is 15.0. The molecule has 0 amide bonds.